The second-order valence-electron chi connectivity index (χ2n) is 8.28. The van der Waals surface area contributed by atoms with Crippen LogP contribution < -0.4 is 19.5 Å². The first kappa shape index (κ1) is 29.9. The molecule has 3 aromatic carbocycles. The van der Waals surface area contributed by atoms with Gasteiger partial charge in [0.15, 0.2) is 11.5 Å². The second kappa shape index (κ2) is 13.9. The summed E-state index contributed by atoms with van der Waals surface area (Å²) in [7, 11) is 0. The van der Waals surface area contributed by atoms with Crippen LogP contribution in [0.2, 0.25) is 0 Å². The molecule has 0 fully saturated rings. The third-order valence-electron chi connectivity index (χ3n) is 5.48. The van der Waals surface area contributed by atoms with Crippen molar-refractivity contribution in [1.82, 2.24) is 0 Å². The molecule has 210 valence electrons. The lowest BCUT2D eigenvalue weighted by Gasteiger charge is -2.16. The largest absolute Gasteiger partial charge is 0.494 e. The van der Waals surface area contributed by atoms with E-state index < -0.39 is 27.1 Å². The molecule has 0 aliphatic rings. The van der Waals surface area contributed by atoms with E-state index in [4.69, 9.17) is 14.2 Å². The Bertz CT molecular complexity index is 1540. The SMILES string of the molecule is C=CCc1cc(/C=C(\C#N)C(=O)Nc2ccc(OCC)cc2)cc(OCC)c1Oc1ccc([N+](=O)[O-])cc1[N+](=O)[O-]. The number of nitro benzene ring substituents is 2. The number of rotatable bonds is 13. The maximum Gasteiger partial charge on any atom is 0.318 e. The fourth-order valence-corrected chi connectivity index (χ4v) is 3.73. The molecule has 0 saturated carbocycles. The Kier molecular flexibility index (Phi) is 10.1. The number of nitro groups is 2. The highest BCUT2D eigenvalue weighted by Crippen LogP contribution is 2.41. The van der Waals surface area contributed by atoms with Gasteiger partial charge in [0.1, 0.15) is 17.4 Å². The molecule has 0 heterocycles. The predicted molar refractivity (Wildman–Crippen MR) is 151 cm³/mol. The van der Waals surface area contributed by atoms with Gasteiger partial charge in [-0.3, -0.25) is 25.0 Å². The van der Waals surface area contributed by atoms with E-state index in [9.17, 15) is 30.3 Å². The topological polar surface area (TPSA) is 167 Å². The zero-order valence-electron chi connectivity index (χ0n) is 22.3. The quantitative estimate of drug-likeness (QED) is 0.0824. The van der Waals surface area contributed by atoms with Gasteiger partial charge in [-0.2, -0.15) is 5.26 Å². The van der Waals surface area contributed by atoms with Crippen molar-refractivity contribution in [2.24, 2.45) is 0 Å². The maximum absolute atomic E-state index is 12.8. The number of allylic oxidation sites excluding steroid dienone is 1. The van der Waals surface area contributed by atoms with Crippen molar-refractivity contribution in [1.29, 1.82) is 5.26 Å². The van der Waals surface area contributed by atoms with Crippen LogP contribution in [0.25, 0.3) is 6.08 Å². The predicted octanol–water partition coefficient (Wildman–Crippen LogP) is 6.37. The van der Waals surface area contributed by atoms with Crippen LogP contribution in [-0.2, 0) is 11.2 Å². The smallest absolute Gasteiger partial charge is 0.318 e. The van der Waals surface area contributed by atoms with Crippen LogP contribution in [0, 0.1) is 31.6 Å². The Morgan fingerprint density at radius 3 is 2.29 bits per heavy atom. The number of anilines is 1. The monoisotopic (exact) mass is 558 g/mol. The van der Waals surface area contributed by atoms with Crippen molar-refractivity contribution in [3.05, 3.63) is 104 Å². The van der Waals surface area contributed by atoms with Crippen LogP contribution in [0.15, 0.2) is 72.8 Å². The summed E-state index contributed by atoms with van der Waals surface area (Å²) in [4.78, 5) is 34.1. The summed E-state index contributed by atoms with van der Waals surface area (Å²) in [5.41, 5.74) is 0.116. The van der Waals surface area contributed by atoms with Crippen LogP contribution >= 0.6 is 0 Å². The minimum atomic E-state index is -0.783. The minimum Gasteiger partial charge on any atom is -0.494 e. The summed E-state index contributed by atoms with van der Waals surface area (Å²) < 4.78 is 17.0. The van der Waals surface area contributed by atoms with Crippen LogP contribution in [0.1, 0.15) is 25.0 Å². The summed E-state index contributed by atoms with van der Waals surface area (Å²) in [5.74, 6) is 0.0682. The third-order valence-corrected chi connectivity index (χ3v) is 5.48. The fraction of sp³-hybridized carbons (Fsp3) is 0.172. The van der Waals surface area contributed by atoms with Gasteiger partial charge in [0.25, 0.3) is 11.6 Å². The van der Waals surface area contributed by atoms with Crippen molar-refractivity contribution >= 4 is 29.0 Å². The van der Waals surface area contributed by atoms with E-state index >= 15 is 0 Å². The molecule has 0 aliphatic heterocycles. The lowest BCUT2D eigenvalue weighted by Crippen LogP contribution is -2.13. The first-order valence-electron chi connectivity index (χ1n) is 12.4. The first-order chi connectivity index (χ1) is 19.7. The molecule has 1 amide bonds. The van der Waals surface area contributed by atoms with Gasteiger partial charge in [-0.25, -0.2) is 0 Å². The van der Waals surface area contributed by atoms with Gasteiger partial charge in [0.05, 0.1) is 29.1 Å². The zero-order chi connectivity index (χ0) is 29.9. The standard InChI is InChI=1S/C29H26N4O8/c1-4-7-20-14-19(15-21(18-30)29(34)31-22-8-11-24(12-9-22)39-5-2)16-27(40-6-3)28(20)41-26-13-10-23(32(35)36)17-25(26)33(37)38/h4,8-17H,1,5-7H2,2-3H3,(H,31,34)/b21-15+. The Labute approximate surface area is 235 Å². The number of nitrogens with zero attached hydrogens (tertiary/aromatic N) is 3. The number of hydrogen-bond donors (Lipinski definition) is 1. The van der Waals surface area contributed by atoms with E-state index in [1.165, 1.54) is 12.1 Å². The molecule has 41 heavy (non-hydrogen) atoms. The number of hydrogen-bond acceptors (Lipinski definition) is 9. The van der Waals surface area contributed by atoms with Gasteiger partial charge in [-0.05, 0) is 74.4 Å². The Hall–Kier alpha value is -5.70. The van der Waals surface area contributed by atoms with Gasteiger partial charge < -0.3 is 19.5 Å². The highest BCUT2D eigenvalue weighted by molar-refractivity contribution is 6.09. The lowest BCUT2D eigenvalue weighted by atomic mass is 10.0. The molecule has 0 saturated heterocycles. The summed E-state index contributed by atoms with van der Waals surface area (Å²) >= 11 is 0. The molecular weight excluding hydrogens is 532 g/mol. The number of carbonyl (C=O) groups excluding carboxylic acids is 1. The summed E-state index contributed by atoms with van der Waals surface area (Å²) in [6, 6.07) is 14.8. The van der Waals surface area contributed by atoms with Gasteiger partial charge in [0, 0.05) is 17.3 Å². The number of nitriles is 1. The molecule has 0 unspecified atom stereocenters. The molecule has 3 aromatic rings. The number of amides is 1. The highest BCUT2D eigenvalue weighted by Gasteiger charge is 2.24. The van der Waals surface area contributed by atoms with E-state index in [2.05, 4.69) is 11.9 Å². The number of ether oxygens (including phenoxy) is 3. The van der Waals surface area contributed by atoms with Gasteiger partial charge in [0.2, 0.25) is 5.75 Å². The van der Waals surface area contributed by atoms with Crippen molar-refractivity contribution in [2.75, 3.05) is 18.5 Å². The van der Waals surface area contributed by atoms with Gasteiger partial charge in [-0.15, -0.1) is 6.58 Å². The second-order valence-corrected chi connectivity index (χ2v) is 8.28. The molecule has 0 bridgehead atoms. The van der Waals surface area contributed by atoms with E-state index in [-0.39, 0.29) is 35.8 Å². The van der Waals surface area contributed by atoms with Gasteiger partial charge >= 0.3 is 5.69 Å². The van der Waals surface area contributed by atoms with E-state index in [1.54, 1.807) is 43.3 Å². The summed E-state index contributed by atoms with van der Waals surface area (Å²) in [5, 5.41) is 35.1. The molecule has 0 atom stereocenters. The zero-order valence-corrected chi connectivity index (χ0v) is 22.3. The minimum absolute atomic E-state index is 0.123. The molecule has 0 spiro atoms. The number of benzene rings is 3. The van der Waals surface area contributed by atoms with Crippen molar-refractivity contribution in [3.63, 3.8) is 0 Å². The Balaban J connectivity index is 2.01. The van der Waals surface area contributed by atoms with Crippen LogP contribution in [-0.4, -0.2) is 29.0 Å². The first-order valence-corrected chi connectivity index (χ1v) is 12.4. The van der Waals surface area contributed by atoms with Gasteiger partial charge in [-0.1, -0.05) is 6.08 Å². The fourth-order valence-electron chi connectivity index (χ4n) is 3.73. The third kappa shape index (κ3) is 7.67. The molecule has 0 aliphatic carbocycles. The van der Waals surface area contributed by atoms with Crippen LogP contribution in [0.4, 0.5) is 17.1 Å². The van der Waals surface area contributed by atoms with E-state index in [0.29, 0.717) is 29.2 Å². The molecule has 0 aromatic heterocycles. The van der Waals surface area contributed by atoms with Crippen molar-refractivity contribution < 1.29 is 28.9 Å². The average molecular weight is 559 g/mol. The highest BCUT2D eigenvalue weighted by atomic mass is 16.6. The summed E-state index contributed by atoms with van der Waals surface area (Å²) in [6.45, 7) is 8.01. The molecule has 3 rings (SSSR count). The molecule has 0 radical (unpaired) electrons. The molecular formula is C29H26N4O8. The average Bonchev–Trinajstić information content (AvgIpc) is 2.94. The molecule has 1 N–H and O–H groups in total. The Morgan fingerprint density at radius 1 is 1.00 bits per heavy atom. The van der Waals surface area contributed by atoms with Crippen molar-refractivity contribution in [2.45, 2.75) is 20.3 Å². The number of non-ortho nitro benzene ring substituents is 1. The maximum atomic E-state index is 12.8. The van der Waals surface area contributed by atoms with E-state index in [0.717, 1.165) is 18.2 Å². The Morgan fingerprint density at radius 2 is 1.71 bits per heavy atom. The van der Waals surface area contributed by atoms with Crippen LogP contribution in [0.5, 0.6) is 23.0 Å². The molecule has 12 nitrogen and oxygen atoms in total. The summed E-state index contributed by atoms with van der Waals surface area (Å²) in [6.07, 6.45) is 3.18. The van der Waals surface area contributed by atoms with Crippen molar-refractivity contribution in [3.8, 4) is 29.1 Å². The van der Waals surface area contributed by atoms with E-state index in [1.807, 2.05) is 13.0 Å². The molecule has 12 heteroatoms. The number of carbonyl (C=O) groups is 1. The lowest BCUT2D eigenvalue weighted by molar-refractivity contribution is -0.394. The van der Waals surface area contributed by atoms with Crippen LogP contribution in [0.3, 0.4) is 0 Å². The number of nitrogens with one attached hydrogen (secondary N) is 1. The normalized spacial score (nSPS) is 10.7.